The Kier molecular flexibility index (Phi) is 7.25. The van der Waals surface area contributed by atoms with E-state index >= 15 is 0 Å². The second-order valence-corrected chi connectivity index (χ2v) is 12.2. The molecule has 0 radical (unpaired) electrons. The Bertz CT molecular complexity index is 1780. The third-order valence-corrected chi connectivity index (χ3v) is 9.26. The summed E-state index contributed by atoms with van der Waals surface area (Å²) in [7, 11) is -4.39. The molecule has 2 aliphatic rings. The van der Waals surface area contributed by atoms with Gasteiger partial charge in [-0.1, -0.05) is 30.3 Å². The third-order valence-electron chi connectivity index (χ3n) is 7.86. The first-order valence-electron chi connectivity index (χ1n) is 13.5. The molecule has 3 aromatic carbocycles. The summed E-state index contributed by atoms with van der Waals surface area (Å²) in [5, 5.41) is 0.531. The molecule has 43 heavy (non-hydrogen) atoms. The monoisotopic (exact) mass is 614 g/mol. The van der Waals surface area contributed by atoms with Crippen LogP contribution in [0.25, 0.3) is 10.9 Å². The van der Waals surface area contributed by atoms with Crippen LogP contribution in [0.1, 0.15) is 28.8 Å². The average molecular weight is 615 g/mol. The number of carbonyl (C=O) groups is 1. The number of piperazine rings is 1. The van der Waals surface area contributed by atoms with Crippen LogP contribution in [-0.4, -0.2) is 61.7 Å². The third kappa shape index (κ3) is 5.87. The summed E-state index contributed by atoms with van der Waals surface area (Å²) >= 11 is 0. The molecular formula is C30H26F4N4O4S. The number of benzene rings is 3. The zero-order valence-electron chi connectivity index (χ0n) is 22.6. The Morgan fingerprint density at radius 2 is 1.63 bits per heavy atom. The summed E-state index contributed by atoms with van der Waals surface area (Å²) in [6.07, 6.45) is -1.91. The molecule has 224 valence electrons. The molecule has 2 fully saturated rings. The second-order valence-electron chi connectivity index (χ2n) is 10.5. The van der Waals surface area contributed by atoms with Crippen LogP contribution in [0.5, 0.6) is 5.75 Å². The molecule has 0 atom stereocenters. The van der Waals surface area contributed by atoms with Crippen LogP contribution in [0.15, 0.2) is 83.9 Å². The molecule has 1 saturated carbocycles. The van der Waals surface area contributed by atoms with Crippen molar-refractivity contribution < 1.29 is 35.5 Å². The molecule has 8 nitrogen and oxygen atoms in total. The number of ether oxygens (including phenoxy) is 1. The van der Waals surface area contributed by atoms with Gasteiger partial charge in [0.2, 0.25) is 0 Å². The quantitative estimate of drug-likeness (QED) is 0.276. The van der Waals surface area contributed by atoms with Crippen LogP contribution in [0.2, 0.25) is 0 Å². The molecule has 0 bridgehead atoms. The Hall–Kier alpha value is -4.23. The fourth-order valence-corrected chi connectivity index (χ4v) is 6.88. The van der Waals surface area contributed by atoms with Crippen molar-refractivity contribution in [2.24, 2.45) is 0 Å². The Labute approximate surface area is 244 Å². The van der Waals surface area contributed by atoms with Crippen molar-refractivity contribution in [3.8, 4) is 5.75 Å². The number of hydrogen-bond donors (Lipinski definition) is 1. The van der Waals surface area contributed by atoms with Gasteiger partial charge in [-0.3, -0.25) is 19.4 Å². The van der Waals surface area contributed by atoms with E-state index in [0.29, 0.717) is 31.6 Å². The van der Waals surface area contributed by atoms with Crippen LogP contribution >= 0.6 is 0 Å². The summed E-state index contributed by atoms with van der Waals surface area (Å²) in [6.45, 7) is 1.73. The summed E-state index contributed by atoms with van der Waals surface area (Å²) < 4.78 is 86.3. The fourth-order valence-electron chi connectivity index (χ4n) is 5.63. The number of fused-ring (bicyclic) bond motifs is 1. The number of para-hydroxylation sites is 1. The van der Waals surface area contributed by atoms with Crippen LogP contribution in [0.4, 0.5) is 23.2 Å². The molecule has 13 heteroatoms. The van der Waals surface area contributed by atoms with Gasteiger partial charge in [-0.15, -0.1) is 13.2 Å². The minimum atomic E-state index is -5.15. The topological polar surface area (TPSA) is 91.8 Å². The molecule has 4 aromatic rings. The number of nitrogens with one attached hydrogen (secondary N) is 1. The number of pyridine rings is 1. The Morgan fingerprint density at radius 3 is 2.30 bits per heavy atom. The highest BCUT2D eigenvalue weighted by atomic mass is 32.2. The summed E-state index contributed by atoms with van der Waals surface area (Å²) in [5.41, 5.74) is 0.396. The lowest BCUT2D eigenvalue weighted by molar-refractivity contribution is -0.274. The van der Waals surface area contributed by atoms with Gasteiger partial charge in [0.1, 0.15) is 10.7 Å². The largest absolute Gasteiger partial charge is 0.573 e. The summed E-state index contributed by atoms with van der Waals surface area (Å²) in [5.74, 6) is -1.68. The number of aromatic nitrogens is 1. The van der Waals surface area contributed by atoms with Gasteiger partial charge in [-0.25, -0.2) is 12.8 Å². The number of rotatable bonds is 7. The van der Waals surface area contributed by atoms with Crippen LogP contribution < -0.4 is 9.46 Å². The van der Waals surface area contributed by atoms with Crippen LogP contribution in [-0.2, 0) is 15.6 Å². The first-order valence-corrected chi connectivity index (χ1v) is 15.0. The van der Waals surface area contributed by atoms with Gasteiger partial charge in [0, 0.05) is 48.9 Å². The van der Waals surface area contributed by atoms with Gasteiger partial charge >= 0.3 is 6.36 Å². The maximum absolute atomic E-state index is 13.4. The minimum absolute atomic E-state index is 0.0813. The first-order chi connectivity index (χ1) is 20.5. The van der Waals surface area contributed by atoms with E-state index in [0.717, 1.165) is 30.5 Å². The number of sulfonamides is 1. The molecule has 1 aromatic heterocycles. The summed E-state index contributed by atoms with van der Waals surface area (Å²) in [4.78, 5) is 21.0. The number of alkyl halides is 3. The van der Waals surface area contributed by atoms with Crippen LogP contribution in [0, 0.1) is 5.82 Å². The molecule has 1 N–H and O–H groups in total. The first kappa shape index (κ1) is 28.9. The van der Waals surface area contributed by atoms with Crippen molar-refractivity contribution in [2.75, 3.05) is 30.9 Å². The van der Waals surface area contributed by atoms with Gasteiger partial charge in [-0.2, -0.15) is 0 Å². The zero-order valence-corrected chi connectivity index (χ0v) is 23.5. The predicted octanol–water partition coefficient (Wildman–Crippen LogP) is 5.52. The fraction of sp³-hybridized carbons (Fsp3) is 0.267. The highest BCUT2D eigenvalue weighted by Crippen LogP contribution is 2.51. The van der Waals surface area contributed by atoms with Gasteiger partial charge < -0.3 is 9.64 Å². The molecule has 1 aliphatic heterocycles. The molecule has 1 amide bonds. The van der Waals surface area contributed by atoms with E-state index in [2.05, 4.69) is 19.3 Å². The normalized spacial score (nSPS) is 17.1. The van der Waals surface area contributed by atoms with Crippen LogP contribution in [0.3, 0.4) is 0 Å². The van der Waals surface area contributed by atoms with E-state index in [1.165, 1.54) is 41.4 Å². The van der Waals surface area contributed by atoms with E-state index in [9.17, 15) is 30.8 Å². The molecular weight excluding hydrogens is 588 g/mol. The Balaban J connectivity index is 1.21. The van der Waals surface area contributed by atoms with Gasteiger partial charge in [-0.05, 0) is 60.9 Å². The lowest BCUT2D eigenvalue weighted by Crippen LogP contribution is -2.52. The van der Waals surface area contributed by atoms with Crippen molar-refractivity contribution in [2.45, 2.75) is 29.6 Å². The van der Waals surface area contributed by atoms with Crippen molar-refractivity contribution in [3.05, 3.63) is 95.9 Å². The number of carbonyl (C=O) groups excluding carboxylic acids is 1. The highest BCUT2D eigenvalue weighted by Gasteiger charge is 2.50. The number of anilines is 1. The van der Waals surface area contributed by atoms with Crippen molar-refractivity contribution >= 4 is 32.5 Å². The molecule has 0 unspecified atom stereocenters. The van der Waals surface area contributed by atoms with Gasteiger partial charge in [0.05, 0.1) is 11.2 Å². The molecule has 6 rings (SSSR count). The van der Waals surface area contributed by atoms with E-state index in [4.69, 9.17) is 0 Å². The minimum Gasteiger partial charge on any atom is -0.404 e. The number of halogens is 4. The van der Waals surface area contributed by atoms with E-state index in [1.807, 2.05) is 0 Å². The van der Waals surface area contributed by atoms with E-state index in [-0.39, 0.29) is 27.3 Å². The average Bonchev–Trinajstić information content (AvgIpc) is 3.79. The molecule has 1 aliphatic carbocycles. The second kappa shape index (κ2) is 10.8. The molecule has 2 heterocycles. The molecule has 1 saturated heterocycles. The van der Waals surface area contributed by atoms with Crippen molar-refractivity contribution in [1.29, 1.82) is 0 Å². The van der Waals surface area contributed by atoms with Gasteiger partial charge in [0.15, 0.2) is 5.75 Å². The number of nitrogens with zero attached hydrogens (tertiary/aromatic N) is 3. The number of amides is 1. The summed E-state index contributed by atoms with van der Waals surface area (Å²) in [6, 6.07) is 17.4. The maximum atomic E-state index is 13.4. The number of hydrogen-bond acceptors (Lipinski definition) is 6. The Morgan fingerprint density at radius 1 is 0.930 bits per heavy atom. The lowest BCUT2D eigenvalue weighted by Gasteiger charge is -2.40. The van der Waals surface area contributed by atoms with Crippen molar-refractivity contribution in [1.82, 2.24) is 14.8 Å². The van der Waals surface area contributed by atoms with Crippen molar-refractivity contribution in [3.63, 3.8) is 0 Å². The SMILES string of the molecule is O=C(c1ccc(NS(=O)(=O)c2cccc3cccnc23)c(OC(F)(F)F)c1)N1CCN(C2(c3ccc(F)cc3)CC2)CC1. The zero-order chi connectivity index (χ0) is 30.4. The van der Waals surface area contributed by atoms with E-state index in [1.54, 1.807) is 30.3 Å². The highest BCUT2D eigenvalue weighted by molar-refractivity contribution is 7.93. The lowest BCUT2D eigenvalue weighted by atomic mass is 10.0. The van der Waals surface area contributed by atoms with E-state index < -0.39 is 33.7 Å². The maximum Gasteiger partial charge on any atom is 0.573 e. The smallest absolute Gasteiger partial charge is 0.404 e. The molecule has 0 spiro atoms. The standard InChI is InChI=1S/C30H26F4N4O4S/c31-23-9-7-22(8-10-23)29(12-13-29)38-17-15-37(16-18-38)28(39)21-6-11-24(25(19-21)42-30(32,33)34)36-43(40,41)26-5-1-3-20-4-2-14-35-27(20)26/h1-11,14,19,36H,12-13,15-18H2. The van der Waals surface area contributed by atoms with Gasteiger partial charge in [0.25, 0.3) is 15.9 Å². The predicted molar refractivity (Wildman–Crippen MR) is 150 cm³/mol.